The number of imidazole rings is 1. The van der Waals surface area contributed by atoms with Gasteiger partial charge in [0, 0.05) is 35.9 Å². The monoisotopic (exact) mass is 562 g/mol. The number of carbonyl (C=O) groups is 1. The predicted molar refractivity (Wildman–Crippen MR) is 173 cm³/mol. The third kappa shape index (κ3) is 6.61. The molecule has 1 atom stereocenters. The van der Waals surface area contributed by atoms with Gasteiger partial charge in [0.05, 0.1) is 0 Å². The summed E-state index contributed by atoms with van der Waals surface area (Å²) in [6, 6.07) is 8.18. The maximum atomic E-state index is 12.8. The summed E-state index contributed by atoms with van der Waals surface area (Å²) in [4.78, 5) is 23.5. The van der Waals surface area contributed by atoms with Crippen LogP contribution in [-0.4, -0.2) is 38.0 Å². The van der Waals surface area contributed by atoms with Crippen LogP contribution < -0.4 is 11.1 Å². The predicted octanol–water partition coefficient (Wildman–Crippen LogP) is 7.88. The van der Waals surface area contributed by atoms with E-state index in [2.05, 4.69) is 36.8 Å². The topological polar surface area (TPSA) is 88.5 Å². The van der Waals surface area contributed by atoms with Gasteiger partial charge >= 0.3 is 0 Å². The van der Waals surface area contributed by atoms with Gasteiger partial charge in [-0.15, -0.1) is 11.8 Å². The number of likely N-dealkylation sites (tertiary alicyclic amines) is 1. The van der Waals surface area contributed by atoms with Gasteiger partial charge < -0.3 is 16.0 Å². The van der Waals surface area contributed by atoms with Crippen molar-refractivity contribution < 1.29 is 4.79 Å². The number of fused-ring (bicyclic) bond motifs is 1. The van der Waals surface area contributed by atoms with E-state index in [0.29, 0.717) is 18.3 Å². The number of carbonyl (C=O) groups excluding carboxylic acids is 1. The molecule has 1 amide bonds. The fourth-order valence-corrected chi connectivity index (χ4v) is 5.80. The minimum Gasteiger partial charge on any atom is -0.382 e. The summed E-state index contributed by atoms with van der Waals surface area (Å²) in [6.45, 7) is 18.7. The minimum atomic E-state index is -0.606. The lowest BCUT2D eigenvalue weighted by atomic mass is 10.1. The van der Waals surface area contributed by atoms with Crippen molar-refractivity contribution in [2.75, 3.05) is 23.9 Å². The number of nitrogens with one attached hydrogen (secondary N) is 1. The van der Waals surface area contributed by atoms with Crippen molar-refractivity contribution in [1.29, 1.82) is 0 Å². The van der Waals surface area contributed by atoms with E-state index in [0.717, 1.165) is 46.8 Å². The zero-order valence-corrected chi connectivity index (χ0v) is 26.2. The van der Waals surface area contributed by atoms with Crippen LogP contribution in [-0.2, 0) is 9.67 Å². The van der Waals surface area contributed by atoms with Crippen LogP contribution in [0.1, 0.15) is 67.1 Å². The summed E-state index contributed by atoms with van der Waals surface area (Å²) >= 11 is 1.62. The molecule has 40 heavy (non-hydrogen) atoms. The number of allylic oxidation sites excluding steroid dienone is 4. The minimum absolute atomic E-state index is 0.0930. The first-order chi connectivity index (χ1) is 19.4. The number of nitrogen functional groups attached to an aromatic ring is 1. The quantitative estimate of drug-likeness (QED) is 0.214. The number of rotatable bonds is 8. The number of thioether (sulfide) groups is 1. The molecule has 0 bridgehead atoms. The van der Waals surface area contributed by atoms with Gasteiger partial charge in [-0.05, 0) is 56.2 Å². The van der Waals surface area contributed by atoms with Gasteiger partial charge in [-0.1, -0.05) is 72.4 Å². The van der Waals surface area contributed by atoms with Crippen LogP contribution in [0.25, 0.3) is 16.8 Å². The average molecular weight is 563 g/mol. The molecule has 8 heteroatoms. The van der Waals surface area contributed by atoms with Crippen molar-refractivity contribution in [2.45, 2.75) is 66.2 Å². The van der Waals surface area contributed by atoms with Crippen molar-refractivity contribution in [3.63, 3.8) is 0 Å². The third-order valence-electron chi connectivity index (χ3n) is 6.58. The van der Waals surface area contributed by atoms with Crippen LogP contribution in [0.3, 0.4) is 0 Å². The molecule has 3 heterocycles. The van der Waals surface area contributed by atoms with Crippen molar-refractivity contribution in [3.05, 3.63) is 79.1 Å². The summed E-state index contributed by atoms with van der Waals surface area (Å²) in [7, 11) is 0. The van der Waals surface area contributed by atoms with Crippen LogP contribution in [0.4, 0.5) is 11.5 Å². The summed E-state index contributed by atoms with van der Waals surface area (Å²) in [5, 5.41) is 3.52. The normalized spacial score (nSPS) is 16.9. The molecule has 1 fully saturated rings. The molecule has 1 aliphatic rings. The van der Waals surface area contributed by atoms with Gasteiger partial charge in [-0.25, -0.2) is 9.97 Å². The van der Waals surface area contributed by atoms with Gasteiger partial charge in [0.25, 0.3) is 0 Å². The lowest BCUT2D eigenvalue weighted by molar-refractivity contribution is -0.127. The van der Waals surface area contributed by atoms with E-state index >= 15 is 0 Å². The molecular weight excluding hydrogens is 516 g/mol. The van der Waals surface area contributed by atoms with Gasteiger partial charge in [0.1, 0.15) is 21.9 Å². The second-order valence-corrected chi connectivity index (χ2v) is 10.2. The Hall–Kier alpha value is -3.52. The molecule has 7 nitrogen and oxygen atoms in total. The summed E-state index contributed by atoms with van der Waals surface area (Å²) in [6.07, 6.45) is 14.8. The maximum Gasteiger partial charge on any atom is 0.247 e. The molecule has 3 N–H and O–H groups in total. The maximum absolute atomic E-state index is 12.8. The summed E-state index contributed by atoms with van der Waals surface area (Å²) in [5.74, 6) is 1.45. The number of benzene rings is 1. The fourth-order valence-electron chi connectivity index (χ4n) is 4.72. The fraction of sp³-hybridized carbons (Fsp3) is 0.406. The lowest BCUT2D eigenvalue weighted by Crippen LogP contribution is -2.43. The largest absolute Gasteiger partial charge is 0.382 e. The highest BCUT2D eigenvalue weighted by molar-refractivity contribution is 7.99. The van der Waals surface area contributed by atoms with Crippen LogP contribution in [0.15, 0.2) is 73.2 Å². The van der Waals surface area contributed by atoms with E-state index in [4.69, 9.17) is 10.7 Å². The molecule has 0 unspecified atom stereocenters. The number of amides is 1. The summed E-state index contributed by atoms with van der Waals surface area (Å²) < 4.78 is 1.99. The van der Waals surface area contributed by atoms with E-state index in [9.17, 15) is 4.79 Å². The molecular formula is C32H46N6OS. The Morgan fingerprint density at radius 3 is 2.45 bits per heavy atom. The number of nitrogens with two attached hydrogens (primary N) is 1. The molecule has 0 radical (unpaired) electrons. The van der Waals surface area contributed by atoms with E-state index in [1.54, 1.807) is 18.0 Å². The number of anilines is 2. The Labute approximate surface area is 244 Å². The van der Waals surface area contributed by atoms with Crippen LogP contribution in [0, 0.1) is 5.92 Å². The van der Waals surface area contributed by atoms with Crippen LogP contribution >= 0.6 is 11.8 Å². The SMILES string of the molecule is C=CC(=O)N1CCC[C@@]1(SC)c1nc(-c2ccc(N/C(=C/C=C\C)C(C)C)cc2)c2c(N)nccn12.CC.CC. The molecule has 3 aromatic rings. The molecule has 0 spiro atoms. The molecule has 2 aromatic heterocycles. The first-order valence-electron chi connectivity index (χ1n) is 14.2. The standard InChI is InChI=1S/C28H34N6OS.2C2H6/c1-6-8-10-22(19(3)4)31-21-13-11-20(12-14-21)24-25-26(29)30-16-18-33(25)27(32-24)28(36-5)15-9-17-34(28)23(35)7-2;2*1-2/h6-8,10-14,16,18-19,31H,2,9,15,17H2,1,3-5H3,(H2,29,30);2*1-2H3/b8-6-,22-10+;;/t28-;;/m1../s1. The molecule has 1 saturated heterocycles. The number of hydrogen-bond acceptors (Lipinski definition) is 6. The average Bonchev–Trinajstić information content (AvgIpc) is 3.61. The first kappa shape index (κ1) is 32.7. The number of nitrogens with zero attached hydrogens (tertiary/aromatic N) is 4. The Bertz CT molecular complexity index is 1330. The summed E-state index contributed by atoms with van der Waals surface area (Å²) in [5.41, 5.74) is 11.0. The van der Waals surface area contributed by atoms with Crippen molar-refractivity contribution in [1.82, 2.24) is 19.3 Å². The highest BCUT2D eigenvalue weighted by Gasteiger charge is 2.47. The lowest BCUT2D eigenvalue weighted by Gasteiger charge is -2.35. The molecule has 1 aliphatic heterocycles. The van der Waals surface area contributed by atoms with Gasteiger partial charge in [0.15, 0.2) is 5.82 Å². The van der Waals surface area contributed by atoms with E-state index in [-0.39, 0.29) is 5.91 Å². The van der Waals surface area contributed by atoms with Crippen LogP contribution in [0.5, 0.6) is 0 Å². The van der Waals surface area contributed by atoms with Gasteiger partial charge in [0.2, 0.25) is 5.91 Å². The van der Waals surface area contributed by atoms with Crippen molar-refractivity contribution >= 4 is 34.7 Å². The Morgan fingerprint density at radius 1 is 1.20 bits per heavy atom. The van der Waals surface area contributed by atoms with E-state index < -0.39 is 4.87 Å². The first-order valence-corrected chi connectivity index (χ1v) is 15.4. The molecule has 216 valence electrons. The van der Waals surface area contributed by atoms with Gasteiger partial charge in [-0.3, -0.25) is 9.20 Å². The highest BCUT2D eigenvalue weighted by Crippen LogP contribution is 2.48. The Balaban J connectivity index is 0.00000134. The zero-order chi connectivity index (χ0) is 29.9. The number of hydrogen-bond donors (Lipinski definition) is 2. The molecule has 0 saturated carbocycles. The van der Waals surface area contributed by atoms with Crippen molar-refractivity contribution in [2.24, 2.45) is 5.92 Å². The Morgan fingerprint density at radius 2 is 1.88 bits per heavy atom. The highest BCUT2D eigenvalue weighted by atomic mass is 32.2. The molecule has 1 aromatic carbocycles. The van der Waals surface area contributed by atoms with Crippen molar-refractivity contribution in [3.8, 4) is 11.3 Å². The third-order valence-corrected chi connectivity index (χ3v) is 7.86. The Kier molecular flexibility index (Phi) is 12.5. The molecule has 4 rings (SSSR count). The second-order valence-electron chi connectivity index (χ2n) is 9.11. The number of aromatic nitrogens is 3. The van der Waals surface area contributed by atoms with E-state index in [1.165, 1.54) is 6.08 Å². The van der Waals surface area contributed by atoms with Gasteiger partial charge in [-0.2, -0.15) is 0 Å². The molecule has 0 aliphatic carbocycles. The zero-order valence-electron chi connectivity index (χ0n) is 25.4. The van der Waals surface area contributed by atoms with Crippen LogP contribution in [0.2, 0.25) is 0 Å². The second kappa shape index (κ2) is 15.3. The van der Waals surface area contributed by atoms with E-state index in [1.807, 2.05) is 92.8 Å². The smallest absolute Gasteiger partial charge is 0.247 e.